The van der Waals surface area contributed by atoms with Gasteiger partial charge in [0.15, 0.2) is 11.1 Å². The summed E-state index contributed by atoms with van der Waals surface area (Å²) < 4.78 is 57.7. The molecule has 0 saturated heterocycles. The number of nitrogens with one attached hydrogen (secondary N) is 1. The van der Waals surface area contributed by atoms with Gasteiger partial charge in [0.05, 0.1) is 11.4 Å². The first-order valence-electron chi connectivity index (χ1n) is 19.2. The van der Waals surface area contributed by atoms with Crippen molar-refractivity contribution >= 4 is 38.7 Å². The maximum Gasteiger partial charge on any atom is 0.414 e. The van der Waals surface area contributed by atoms with Crippen LogP contribution in [0.2, 0.25) is 0 Å². The number of allylic oxidation sites excluding steroid dienone is 7. The number of ether oxygens (including phenoxy) is 1. The lowest BCUT2D eigenvalue weighted by Gasteiger charge is -2.28. The number of hydrogen-bond donors (Lipinski definition) is 3. The van der Waals surface area contributed by atoms with Crippen molar-refractivity contribution in [1.29, 1.82) is 0 Å². The van der Waals surface area contributed by atoms with Gasteiger partial charge >= 0.3 is 6.09 Å². The zero-order chi connectivity index (χ0) is 40.6. The Morgan fingerprint density at radius 2 is 1.69 bits per heavy atom. The predicted octanol–water partition coefficient (Wildman–Crippen LogP) is 9.52. The van der Waals surface area contributed by atoms with Crippen molar-refractivity contribution in [3.05, 3.63) is 107 Å². The van der Waals surface area contributed by atoms with E-state index in [1.165, 1.54) is 5.56 Å². The van der Waals surface area contributed by atoms with Crippen LogP contribution in [0.15, 0.2) is 95.4 Å². The third-order valence-electron chi connectivity index (χ3n) is 10.2. The molecule has 1 heterocycles. The predicted molar refractivity (Wildman–Crippen MR) is 225 cm³/mol. The Bertz CT molecular complexity index is 1940. The lowest BCUT2D eigenvalue weighted by Crippen LogP contribution is -2.34. The van der Waals surface area contributed by atoms with Gasteiger partial charge in [-0.25, -0.2) is 9.00 Å². The van der Waals surface area contributed by atoms with Gasteiger partial charge in [-0.1, -0.05) is 82.3 Å². The molecule has 0 saturated carbocycles. The Balaban J connectivity index is 1.64. The van der Waals surface area contributed by atoms with E-state index in [0.717, 1.165) is 71.7 Å². The summed E-state index contributed by atoms with van der Waals surface area (Å²) >= 11 is -1.81. The summed E-state index contributed by atoms with van der Waals surface area (Å²) in [4.78, 5) is 17.5. The second-order valence-corrected chi connectivity index (χ2v) is 19.3. The molecule has 0 aromatic heterocycles. The van der Waals surface area contributed by atoms with E-state index in [2.05, 4.69) is 86.5 Å². The number of hydrogen-bond acceptors (Lipinski definition) is 7. The van der Waals surface area contributed by atoms with Crippen LogP contribution in [-0.4, -0.2) is 70.0 Å². The molecule has 0 radical (unpaired) electrons. The van der Waals surface area contributed by atoms with Gasteiger partial charge in [0.2, 0.25) is 0 Å². The molecule has 0 bridgehead atoms. The number of amides is 1. The quantitative estimate of drug-likeness (QED) is 0.0813. The highest BCUT2D eigenvalue weighted by Crippen LogP contribution is 2.48. The molecule has 1 unspecified atom stereocenters. The molecule has 12 heteroatoms. The van der Waals surface area contributed by atoms with Gasteiger partial charge in [-0.2, -0.15) is 8.42 Å². The average molecular weight is 796 g/mol. The number of carbonyl (C=O) groups excluding carboxylic acids is 1. The van der Waals surface area contributed by atoms with Crippen LogP contribution in [0, 0.1) is 0 Å². The minimum Gasteiger partial charge on any atom is -0.443 e. The van der Waals surface area contributed by atoms with Crippen molar-refractivity contribution in [2.45, 2.75) is 110 Å². The third kappa shape index (κ3) is 12.1. The largest absolute Gasteiger partial charge is 0.443 e. The molecule has 0 spiro atoms. The zero-order valence-corrected chi connectivity index (χ0v) is 35.5. The molecule has 2 aliphatic rings. The molecule has 3 N–H and O–H groups in total. The third-order valence-corrected chi connectivity index (χ3v) is 11.7. The summed E-state index contributed by atoms with van der Waals surface area (Å²) in [5.74, 6) is 0.00957. The number of fused-ring (bicyclic) bond motifs is 1. The molecule has 0 fully saturated rings. The van der Waals surface area contributed by atoms with Crippen LogP contribution in [-0.2, 0) is 36.8 Å². The number of unbranched alkanes of at least 4 members (excludes halogenated alkanes) is 2. The molecule has 2 aromatic rings. The first kappa shape index (κ1) is 44.0. The van der Waals surface area contributed by atoms with Crippen LogP contribution in [0.3, 0.4) is 0 Å². The van der Waals surface area contributed by atoms with Crippen molar-refractivity contribution in [1.82, 2.24) is 4.90 Å². The molecule has 4 rings (SSSR count). The van der Waals surface area contributed by atoms with Crippen molar-refractivity contribution in [2.75, 3.05) is 41.9 Å². The lowest BCUT2D eigenvalue weighted by atomic mass is 9.80. The van der Waals surface area contributed by atoms with E-state index in [0.29, 0.717) is 25.8 Å². The highest BCUT2D eigenvalue weighted by molar-refractivity contribution is 7.85. The Morgan fingerprint density at radius 3 is 2.38 bits per heavy atom. The fraction of sp³-hybridized carbons (Fsp3) is 0.512. The first-order valence-corrected chi connectivity index (χ1v) is 22.1. The summed E-state index contributed by atoms with van der Waals surface area (Å²) in [7, 11) is -2.19. The fourth-order valence-electron chi connectivity index (χ4n) is 7.41. The van der Waals surface area contributed by atoms with Crippen molar-refractivity contribution < 1.29 is 31.3 Å². The Labute approximate surface area is 331 Å². The van der Waals surface area contributed by atoms with Crippen LogP contribution in [0.1, 0.15) is 105 Å². The summed E-state index contributed by atoms with van der Waals surface area (Å²) in [6.07, 6.45) is 12.9. The Hall–Kier alpha value is -3.71. The highest BCUT2D eigenvalue weighted by Gasteiger charge is 2.39. The number of anilines is 2. The van der Waals surface area contributed by atoms with Crippen molar-refractivity contribution in [2.24, 2.45) is 0 Å². The Morgan fingerprint density at radius 1 is 1.00 bits per heavy atom. The summed E-state index contributed by atoms with van der Waals surface area (Å²) in [5, 5.41) is 3.46. The molecule has 1 amide bonds. The standard InChI is InChI=1S/C43H61N3O7S2/c1-41(2,3)53-40(47)45(8)39-32(18-17-27-42(4,5)34-19-9-11-21-36(34)44-28-13-16-31-55(50,51)52)23-24-33(39)25-26-38-43(6,7)35-20-10-12-22-37(35)46(38)29-14-15-30-54(48)49/h9-12,17-22,25-26,44H,13-16,23-24,27-31H2,1-8H3,(H,48,49)(H,50,51,52)/b18-17+,33-25+,38-26+. The van der Waals surface area contributed by atoms with Crippen LogP contribution in [0.5, 0.6) is 0 Å². The maximum atomic E-state index is 13.5. The van der Waals surface area contributed by atoms with Crippen LogP contribution in [0.4, 0.5) is 16.2 Å². The topological polar surface area (TPSA) is 136 Å². The molecule has 10 nitrogen and oxygen atoms in total. The van der Waals surface area contributed by atoms with E-state index in [1.807, 2.05) is 45.0 Å². The average Bonchev–Trinajstić information content (AvgIpc) is 3.58. The van der Waals surface area contributed by atoms with Crippen molar-refractivity contribution in [3.8, 4) is 0 Å². The van der Waals surface area contributed by atoms with Gasteiger partial charge < -0.3 is 19.5 Å². The van der Waals surface area contributed by atoms with Gasteiger partial charge in [-0.05, 0) is 112 Å². The van der Waals surface area contributed by atoms with Gasteiger partial charge in [0, 0.05) is 48.4 Å². The number of carbonyl (C=O) groups is 1. The number of para-hydroxylation sites is 2. The molecule has 1 aliphatic carbocycles. The smallest absolute Gasteiger partial charge is 0.414 e. The van der Waals surface area contributed by atoms with E-state index in [-0.39, 0.29) is 22.3 Å². The minimum absolute atomic E-state index is 0.243. The van der Waals surface area contributed by atoms with Gasteiger partial charge in [-0.15, -0.1) is 0 Å². The normalized spacial score (nSPS) is 18.0. The SMILES string of the molecule is CN(C(=O)OC(C)(C)C)C1=C(/C=C/CC(C)(C)c2ccccc2NCCCCS(=O)(=O)O)CC/C1=C\C=C1\N(CCCCS(=O)O)c2ccccc2C1(C)C. The van der Waals surface area contributed by atoms with Gasteiger partial charge in [-0.3, -0.25) is 9.45 Å². The second kappa shape index (κ2) is 18.5. The maximum absolute atomic E-state index is 13.5. The van der Waals surface area contributed by atoms with Crippen molar-refractivity contribution in [3.63, 3.8) is 0 Å². The van der Waals surface area contributed by atoms with Gasteiger partial charge in [0.25, 0.3) is 10.1 Å². The summed E-state index contributed by atoms with van der Waals surface area (Å²) in [6.45, 7) is 15.8. The molecule has 302 valence electrons. The summed E-state index contributed by atoms with van der Waals surface area (Å²) in [5.41, 5.74) is 7.44. The molecule has 2 aromatic carbocycles. The van der Waals surface area contributed by atoms with E-state index < -0.39 is 32.9 Å². The summed E-state index contributed by atoms with van der Waals surface area (Å²) in [6, 6.07) is 16.6. The number of rotatable bonds is 17. The highest BCUT2D eigenvalue weighted by atomic mass is 32.2. The lowest BCUT2D eigenvalue weighted by molar-refractivity contribution is 0.0356. The van der Waals surface area contributed by atoms with Crippen LogP contribution < -0.4 is 10.2 Å². The number of nitrogens with zero attached hydrogens (tertiary/aromatic N) is 2. The molecular formula is C43H61N3O7S2. The van der Waals surface area contributed by atoms with E-state index in [4.69, 9.17) is 9.29 Å². The van der Waals surface area contributed by atoms with Crippen LogP contribution >= 0.6 is 0 Å². The van der Waals surface area contributed by atoms with Crippen LogP contribution in [0.25, 0.3) is 0 Å². The Kier molecular flexibility index (Phi) is 14.8. The van der Waals surface area contributed by atoms with E-state index in [9.17, 15) is 22.0 Å². The number of benzene rings is 2. The fourth-order valence-corrected chi connectivity index (χ4v) is 8.43. The van der Waals surface area contributed by atoms with E-state index >= 15 is 0 Å². The molecule has 1 aliphatic heterocycles. The number of likely N-dealkylation sites (N-methyl/N-ethyl adjacent to an activating group) is 1. The van der Waals surface area contributed by atoms with E-state index in [1.54, 1.807) is 11.9 Å². The molecular weight excluding hydrogens is 735 g/mol. The zero-order valence-electron chi connectivity index (χ0n) is 33.9. The van der Waals surface area contributed by atoms with Gasteiger partial charge in [0.1, 0.15) is 5.60 Å². The molecule has 55 heavy (non-hydrogen) atoms. The molecule has 1 atom stereocenters. The first-order chi connectivity index (χ1) is 25.7. The minimum atomic E-state index is -3.97. The monoisotopic (exact) mass is 795 g/mol. The second-order valence-electron chi connectivity index (χ2n) is 16.6.